The highest BCUT2D eigenvalue weighted by Gasteiger charge is 2.40. The summed E-state index contributed by atoms with van der Waals surface area (Å²) in [5.74, 6) is 0.165. The van der Waals surface area contributed by atoms with Gasteiger partial charge in [0.2, 0.25) is 0 Å². The number of aryl methyl sites for hydroxylation is 1. The minimum absolute atomic E-state index is 0.154. The molecule has 0 spiro atoms. The third kappa shape index (κ3) is 3.81. The van der Waals surface area contributed by atoms with Crippen molar-refractivity contribution in [3.8, 4) is 11.5 Å². The summed E-state index contributed by atoms with van der Waals surface area (Å²) in [7, 11) is 3.08. The number of hydrogen-bond acceptors (Lipinski definition) is 5. The first-order valence-corrected chi connectivity index (χ1v) is 10.3. The molecule has 1 aliphatic rings. The Kier molecular flexibility index (Phi) is 5.88. The third-order valence-corrected chi connectivity index (χ3v) is 5.64. The van der Waals surface area contributed by atoms with Crippen molar-refractivity contribution < 1.29 is 19.1 Å². The number of rotatable bonds is 6. The van der Waals surface area contributed by atoms with Crippen molar-refractivity contribution in [3.05, 3.63) is 88.6 Å². The number of halogens is 1. The second-order valence-electron chi connectivity index (χ2n) is 7.19. The van der Waals surface area contributed by atoms with Crippen LogP contribution in [-0.2, 0) is 9.59 Å². The van der Waals surface area contributed by atoms with Crippen LogP contribution in [0.1, 0.15) is 11.1 Å². The van der Waals surface area contributed by atoms with Gasteiger partial charge in [0.25, 0.3) is 11.8 Å². The number of ether oxygens (including phenoxy) is 2. The lowest BCUT2D eigenvalue weighted by Crippen LogP contribution is -2.32. The topological polar surface area (TPSA) is 67.9 Å². The second kappa shape index (κ2) is 8.77. The van der Waals surface area contributed by atoms with E-state index in [1.54, 1.807) is 55.6 Å². The maximum Gasteiger partial charge on any atom is 0.282 e. The van der Waals surface area contributed by atoms with E-state index in [-0.39, 0.29) is 11.3 Å². The average molecular weight is 449 g/mol. The number of anilines is 2. The van der Waals surface area contributed by atoms with E-state index in [2.05, 4.69) is 5.32 Å². The molecule has 3 aromatic carbocycles. The Balaban J connectivity index is 1.82. The molecule has 0 aromatic heterocycles. The maximum absolute atomic E-state index is 13.5. The summed E-state index contributed by atoms with van der Waals surface area (Å²) in [6.45, 7) is 1.86. The zero-order valence-corrected chi connectivity index (χ0v) is 18.6. The fourth-order valence-electron chi connectivity index (χ4n) is 3.51. The summed E-state index contributed by atoms with van der Waals surface area (Å²) in [6.07, 6.45) is 0. The molecule has 0 atom stereocenters. The molecule has 1 N–H and O–H groups in total. The molecule has 0 unspecified atom stereocenters. The van der Waals surface area contributed by atoms with Gasteiger partial charge in [0.15, 0.2) is 0 Å². The molecule has 4 rings (SSSR count). The predicted molar refractivity (Wildman–Crippen MR) is 125 cm³/mol. The molecule has 6 nitrogen and oxygen atoms in total. The maximum atomic E-state index is 13.5. The quantitative estimate of drug-likeness (QED) is 0.534. The van der Waals surface area contributed by atoms with Crippen LogP contribution >= 0.6 is 11.6 Å². The van der Waals surface area contributed by atoms with Crippen LogP contribution in [-0.4, -0.2) is 26.0 Å². The van der Waals surface area contributed by atoms with Crippen LogP contribution in [0.5, 0.6) is 11.5 Å². The van der Waals surface area contributed by atoms with Gasteiger partial charge in [-0.2, -0.15) is 0 Å². The van der Waals surface area contributed by atoms with Crippen molar-refractivity contribution in [2.24, 2.45) is 0 Å². The molecule has 162 valence electrons. The van der Waals surface area contributed by atoms with Gasteiger partial charge in [-0.25, -0.2) is 4.90 Å². The zero-order chi connectivity index (χ0) is 22.8. The summed E-state index contributed by atoms with van der Waals surface area (Å²) in [5, 5.41) is 3.59. The highest BCUT2D eigenvalue weighted by molar-refractivity contribution is 6.46. The zero-order valence-electron chi connectivity index (χ0n) is 17.8. The van der Waals surface area contributed by atoms with Crippen molar-refractivity contribution in [1.29, 1.82) is 0 Å². The summed E-state index contributed by atoms with van der Waals surface area (Å²) in [4.78, 5) is 28.1. The molecule has 7 heteroatoms. The molecule has 1 aliphatic heterocycles. The lowest BCUT2D eigenvalue weighted by Gasteiger charge is -2.17. The van der Waals surface area contributed by atoms with E-state index < -0.39 is 11.8 Å². The number of amides is 2. The van der Waals surface area contributed by atoms with Crippen LogP contribution < -0.4 is 19.7 Å². The normalized spacial score (nSPS) is 13.6. The van der Waals surface area contributed by atoms with Gasteiger partial charge in [-0.1, -0.05) is 48.0 Å². The average Bonchev–Trinajstić information content (AvgIpc) is 3.05. The van der Waals surface area contributed by atoms with Crippen LogP contribution in [0.25, 0.3) is 5.57 Å². The fraction of sp³-hybridized carbons (Fsp3) is 0.120. The van der Waals surface area contributed by atoms with Crippen molar-refractivity contribution in [3.63, 3.8) is 0 Å². The first-order chi connectivity index (χ1) is 15.4. The molecular weight excluding hydrogens is 428 g/mol. The number of carbonyl (C=O) groups is 2. The molecular formula is C25H21ClN2O4. The monoisotopic (exact) mass is 448 g/mol. The molecule has 0 saturated carbocycles. The largest absolute Gasteiger partial charge is 0.497 e. The summed E-state index contributed by atoms with van der Waals surface area (Å²) in [6, 6.07) is 19.3. The van der Waals surface area contributed by atoms with E-state index in [0.29, 0.717) is 33.5 Å². The van der Waals surface area contributed by atoms with E-state index in [1.807, 2.05) is 25.1 Å². The highest BCUT2D eigenvalue weighted by Crippen LogP contribution is 2.37. The minimum Gasteiger partial charge on any atom is -0.497 e. The molecule has 0 aliphatic carbocycles. The Morgan fingerprint density at radius 1 is 0.875 bits per heavy atom. The first-order valence-electron chi connectivity index (χ1n) is 9.88. The SMILES string of the molecule is COc1ccc(NC2=C(c3ccccc3)C(=O)N(c3ccc(C)c(Cl)c3)C2=O)c(OC)c1. The Morgan fingerprint density at radius 3 is 2.28 bits per heavy atom. The molecule has 3 aromatic rings. The first kappa shape index (κ1) is 21.5. The van der Waals surface area contributed by atoms with E-state index in [4.69, 9.17) is 21.1 Å². The summed E-state index contributed by atoms with van der Waals surface area (Å²) >= 11 is 6.27. The minimum atomic E-state index is -0.480. The van der Waals surface area contributed by atoms with Crippen LogP contribution in [0.15, 0.2) is 72.4 Å². The van der Waals surface area contributed by atoms with Crippen molar-refractivity contribution >= 4 is 40.4 Å². The molecule has 32 heavy (non-hydrogen) atoms. The Hall–Kier alpha value is -3.77. The van der Waals surface area contributed by atoms with Crippen molar-refractivity contribution in [2.45, 2.75) is 6.92 Å². The predicted octanol–water partition coefficient (Wildman–Crippen LogP) is 5.06. The van der Waals surface area contributed by atoms with Crippen LogP contribution in [0.2, 0.25) is 5.02 Å². The number of imide groups is 1. The Morgan fingerprint density at radius 2 is 1.62 bits per heavy atom. The molecule has 0 saturated heterocycles. The molecule has 0 fully saturated rings. The van der Waals surface area contributed by atoms with Gasteiger partial charge >= 0.3 is 0 Å². The third-order valence-electron chi connectivity index (χ3n) is 5.23. The van der Waals surface area contributed by atoms with Gasteiger partial charge in [0.05, 0.1) is 31.2 Å². The van der Waals surface area contributed by atoms with Gasteiger partial charge in [-0.3, -0.25) is 9.59 Å². The number of nitrogens with one attached hydrogen (secondary N) is 1. The number of hydrogen-bond donors (Lipinski definition) is 1. The van der Waals surface area contributed by atoms with Gasteiger partial charge in [-0.15, -0.1) is 0 Å². The summed E-state index contributed by atoms with van der Waals surface area (Å²) in [5.41, 5.74) is 2.84. The van der Waals surface area contributed by atoms with Gasteiger partial charge in [-0.05, 0) is 42.3 Å². The van der Waals surface area contributed by atoms with Gasteiger partial charge < -0.3 is 14.8 Å². The molecule has 1 heterocycles. The number of nitrogens with zero attached hydrogens (tertiary/aromatic N) is 1. The smallest absolute Gasteiger partial charge is 0.282 e. The number of methoxy groups -OCH3 is 2. The van der Waals surface area contributed by atoms with Crippen LogP contribution in [0.3, 0.4) is 0 Å². The van der Waals surface area contributed by atoms with E-state index in [9.17, 15) is 9.59 Å². The van der Waals surface area contributed by atoms with Gasteiger partial charge in [0.1, 0.15) is 17.2 Å². The van der Waals surface area contributed by atoms with E-state index >= 15 is 0 Å². The van der Waals surface area contributed by atoms with Crippen molar-refractivity contribution in [2.75, 3.05) is 24.4 Å². The Bertz CT molecular complexity index is 1240. The van der Waals surface area contributed by atoms with Crippen LogP contribution in [0.4, 0.5) is 11.4 Å². The van der Waals surface area contributed by atoms with Crippen molar-refractivity contribution in [1.82, 2.24) is 0 Å². The lowest BCUT2D eigenvalue weighted by molar-refractivity contribution is -0.120. The fourth-order valence-corrected chi connectivity index (χ4v) is 3.68. The molecule has 0 radical (unpaired) electrons. The molecule has 2 amide bonds. The molecule has 0 bridgehead atoms. The highest BCUT2D eigenvalue weighted by atomic mass is 35.5. The second-order valence-corrected chi connectivity index (χ2v) is 7.59. The number of carbonyl (C=O) groups excluding carboxylic acids is 2. The van der Waals surface area contributed by atoms with Crippen LogP contribution in [0, 0.1) is 6.92 Å². The lowest BCUT2D eigenvalue weighted by atomic mass is 10.0. The van der Waals surface area contributed by atoms with E-state index in [1.165, 1.54) is 7.11 Å². The van der Waals surface area contributed by atoms with E-state index in [0.717, 1.165) is 10.5 Å². The standard InChI is InChI=1S/C25H21ClN2O4/c1-15-9-10-17(13-19(15)26)28-24(29)22(16-7-5-4-6-8-16)23(25(28)30)27-20-12-11-18(31-2)14-21(20)32-3/h4-14,27H,1-3H3. The van der Waals surface area contributed by atoms with Gasteiger partial charge in [0, 0.05) is 11.1 Å². The Labute approximate surface area is 191 Å². The number of benzene rings is 3. The summed E-state index contributed by atoms with van der Waals surface area (Å²) < 4.78 is 10.7.